The van der Waals surface area contributed by atoms with Crippen molar-refractivity contribution in [3.8, 4) is 0 Å². The van der Waals surface area contributed by atoms with Crippen molar-refractivity contribution in [1.82, 2.24) is 9.88 Å². The molecule has 0 aromatic carbocycles. The van der Waals surface area contributed by atoms with Crippen molar-refractivity contribution < 1.29 is 15.1 Å². The molecule has 1 aromatic rings. The van der Waals surface area contributed by atoms with Crippen LogP contribution in [0.3, 0.4) is 0 Å². The fourth-order valence-corrected chi connectivity index (χ4v) is 1.87. The molecule has 0 atom stereocenters. The molecule has 5 heteroatoms. The number of hydrogen-bond acceptors (Lipinski definition) is 4. The summed E-state index contributed by atoms with van der Waals surface area (Å²) in [6.45, 7) is -16.6. The number of likely N-dealkylation sites (N-methyl/N-ethyl adjacent to an activating group) is 1. The van der Waals surface area contributed by atoms with Gasteiger partial charge in [-0.05, 0) is 22.9 Å². The summed E-state index contributed by atoms with van der Waals surface area (Å²) in [7, 11) is 0. The average Bonchev–Trinajstić information content (AvgIpc) is 2.69. The zero-order chi connectivity index (χ0) is 18.9. The molecule has 0 amide bonds. The first kappa shape index (κ1) is 2.93. The smallest absolute Gasteiger partial charge is 0.186 e. The molecule has 1 aromatic heterocycles. The molecule has 0 unspecified atom stereocenters. The van der Waals surface area contributed by atoms with Crippen molar-refractivity contribution >= 4 is 32.4 Å². The van der Waals surface area contributed by atoms with E-state index in [0.717, 1.165) is 11.3 Å². The minimum absolute atomic E-state index is 0.220. The Morgan fingerprint density at radius 2 is 2.38 bits per heavy atom. The highest BCUT2D eigenvalue weighted by Gasteiger charge is 2.16. The van der Waals surface area contributed by atoms with Gasteiger partial charge in [-0.2, -0.15) is 0 Å². The molecule has 3 nitrogen and oxygen atoms in total. The molecular formula is C8H12BrN3S. The van der Waals surface area contributed by atoms with Gasteiger partial charge < -0.3 is 9.80 Å². The summed E-state index contributed by atoms with van der Waals surface area (Å²) in [4.78, 5) is 3.68. The molecule has 1 saturated heterocycles. The Bertz CT molecular complexity index is 613. The molecular weight excluding hydrogens is 250 g/mol. The number of thiazole rings is 1. The highest BCUT2D eigenvalue weighted by molar-refractivity contribution is 9.10. The summed E-state index contributed by atoms with van der Waals surface area (Å²) < 4.78 is 86.3. The summed E-state index contributed by atoms with van der Waals surface area (Å²) in [5.41, 5.74) is 0. The molecule has 13 heavy (non-hydrogen) atoms. The fraction of sp³-hybridized carbons (Fsp3) is 0.625. The SMILES string of the molecule is [2H]C([2H])([2H])N1C([2H])([2H])C([2H])([2H])N(c2nc(Br)cs2)C([2H])([2H])C1([2H])[2H]. The molecule has 72 valence electrons. The standard InChI is InChI=1S/C8H12BrN3S/c1-11-2-4-12(5-3-11)8-10-7(9)6-13-8/h6H,2-5H2,1H3/i1D3,2D2,3D2,4D2,5D2. The van der Waals surface area contributed by atoms with Crippen molar-refractivity contribution in [1.29, 1.82) is 0 Å². The number of piperazine rings is 1. The van der Waals surface area contributed by atoms with Crippen molar-refractivity contribution in [2.24, 2.45) is 0 Å². The van der Waals surface area contributed by atoms with Gasteiger partial charge in [-0.3, -0.25) is 0 Å². The van der Waals surface area contributed by atoms with Gasteiger partial charge in [0.2, 0.25) is 0 Å². The van der Waals surface area contributed by atoms with Crippen LogP contribution in [0.4, 0.5) is 5.13 Å². The maximum Gasteiger partial charge on any atom is 0.186 e. The molecule has 0 N–H and O–H groups in total. The second-order valence-electron chi connectivity index (χ2n) is 2.07. The van der Waals surface area contributed by atoms with Crippen LogP contribution in [0.1, 0.15) is 15.1 Å². The Hall–Kier alpha value is -0.130. The first-order valence-corrected chi connectivity index (χ1v) is 4.88. The molecule has 2 heterocycles. The van der Waals surface area contributed by atoms with E-state index in [1.54, 1.807) is 0 Å². The van der Waals surface area contributed by atoms with Crippen LogP contribution in [0.2, 0.25) is 0 Å². The van der Waals surface area contributed by atoms with E-state index in [4.69, 9.17) is 15.1 Å². The predicted octanol–water partition coefficient (Wildman–Crippen LogP) is 1.66. The Balaban J connectivity index is 2.77. The van der Waals surface area contributed by atoms with Crippen LogP contribution in [-0.4, -0.2) is 42.8 Å². The maximum absolute atomic E-state index is 8.05. The number of nitrogens with zero attached hydrogens (tertiary/aromatic N) is 3. The van der Waals surface area contributed by atoms with Gasteiger partial charge in [0.05, 0.1) is 5.48 Å². The lowest BCUT2D eigenvalue weighted by molar-refractivity contribution is 0.312. The number of rotatable bonds is 1. The molecule has 1 fully saturated rings. The average molecular weight is 273 g/mol. The summed E-state index contributed by atoms with van der Waals surface area (Å²) in [5, 5.41) is 1.07. The van der Waals surface area contributed by atoms with Crippen LogP contribution < -0.4 is 4.90 Å². The van der Waals surface area contributed by atoms with Crippen LogP contribution in [0.5, 0.6) is 0 Å². The lowest BCUT2D eigenvalue weighted by Gasteiger charge is -2.31. The highest BCUT2D eigenvalue weighted by atomic mass is 79.9. The van der Waals surface area contributed by atoms with Gasteiger partial charge >= 0.3 is 0 Å². The normalized spacial score (nSPS) is 48.4. The second-order valence-corrected chi connectivity index (χ2v) is 3.72. The summed E-state index contributed by atoms with van der Waals surface area (Å²) in [6.07, 6.45) is 0. The third kappa shape index (κ3) is 2.21. The Kier molecular flexibility index (Phi) is 0.888. The minimum Gasteiger partial charge on any atom is -0.345 e. The highest BCUT2D eigenvalue weighted by Crippen LogP contribution is 2.24. The molecule has 1 aliphatic heterocycles. The van der Waals surface area contributed by atoms with Gasteiger partial charge in [0, 0.05) is 41.0 Å². The van der Waals surface area contributed by atoms with Gasteiger partial charge in [-0.25, -0.2) is 4.98 Å². The molecule has 0 spiro atoms. The van der Waals surface area contributed by atoms with Gasteiger partial charge in [0.25, 0.3) is 0 Å². The molecule has 0 aliphatic carbocycles. The summed E-state index contributed by atoms with van der Waals surface area (Å²) in [6, 6.07) is 0. The van der Waals surface area contributed by atoms with Gasteiger partial charge in [-0.1, -0.05) is 0 Å². The Labute approximate surface area is 106 Å². The third-order valence-electron chi connectivity index (χ3n) is 1.20. The first-order valence-electron chi connectivity index (χ1n) is 8.71. The molecule has 0 radical (unpaired) electrons. The van der Waals surface area contributed by atoms with E-state index in [9.17, 15) is 0 Å². The van der Waals surface area contributed by atoms with Gasteiger partial charge in [0.1, 0.15) is 4.60 Å². The van der Waals surface area contributed by atoms with E-state index in [1.165, 1.54) is 5.38 Å². The van der Waals surface area contributed by atoms with Crippen LogP contribution in [0.15, 0.2) is 9.98 Å². The number of halogens is 1. The van der Waals surface area contributed by atoms with E-state index in [-0.39, 0.29) is 19.5 Å². The van der Waals surface area contributed by atoms with Crippen molar-refractivity contribution in [3.63, 3.8) is 0 Å². The summed E-state index contributed by atoms with van der Waals surface area (Å²) in [5.74, 6) is 0. The largest absolute Gasteiger partial charge is 0.345 e. The topological polar surface area (TPSA) is 19.4 Å². The summed E-state index contributed by atoms with van der Waals surface area (Å²) >= 11 is 3.78. The lowest BCUT2D eigenvalue weighted by Crippen LogP contribution is -2.44. The van der Waals surface area contributed by atoms with E-state index < -0.39 is 33.0 Å². The van der Waals surface area contributed by atoms with Crippen molar-refractivity contribution in [2.45, 2.75) is 0 Å². The minimum atomic E-state index is -3.41. The van der Waals surface area contributed by atoms with Crippen LogP contribution in [-0.2, 0) is 0 Å². The van der Waals surface area contributed by atoms with Gasteiger partial charge in [-0.15, -0.1) is 11.3 Å². The first-order chi connectivity index (χ1) is 10.5. The monoisotopic (exact) mass is 272 g/mol. The van der Waals surface area contributed by atoms with E-state index in [0.29, 0.717) is 0 Å². The number of anilines is 1. The molecule has 0 bridgehead atoms. The quantitative estimate of drug-likeness (QED) is 0.775. The van der Waals surface area contributed by atoms with Crippen molar-refractivity contribution in [2.75, 3.05) is 37.9 Å². The zero-order valence-corrected chi connectivity index (χ0v) is 8.61. The number of hydrogen-bond donors (Lipinski definition) is 0. The Morgan fingerprint density at radius 3 is 2.92 bits per heavy atom. The van der Waals surface area contributed by atoms with E-state index in [1.807, 2.05) is 0 Å². The second kappa shape index (κ2) is 3.94. The van der Waals surface area contributed by atoms with Crippen molar-refractivity contribution in [3.05, 3.63) is 9.98 Å². The number of aromatic nitrogens is 1. The molecule has 0 saturated carbocycles. The van der Waals surface area contributed by atoms with Crippen LogP contribution in [0, 0.1) is 0 Å². The maximum atomic E-state index is 8.05. The van der Waals surface area contributed by atoms with Crippen LogP contribution in [0.25, 0.3) is 0 Å². The predicted molar refractivity (Wildman–Crippen MR) is 59.5 cm³/mol. The Morgan fingerprint density at radius 1 is 1.62 bits per heavy atom. The zero-order valence-electron chi connectivity index (χ0n) is 17.2. The fourth-order valence-electron chi connectivity index (χ4n) is 0.700. The van der Waals surface area contributed by atoms with Crippen LogP contribution >= 0.6 is 27.3 Å². The van der Waals surface area contributed by atoms with E-state index >= 15 is 0 Å². The lowest BCUT2D eigenvalue weighted by atomic mass is 10.3. The van der Waals surface area contributed by atoms with E-state index in [2.05, 4.69) is 20.9 Å². The molecule has 1 aliphatic rings. The van der Waals surface area contributed by atoms with Gasteiger partial charge in [0.15, 0.2) is 5.13 Å². The third-order valence-corrected chi connectivity index (χ3v) is 2.74. The molecule has 2 rings (SSSR count).